The molecule has 2 heterocycles. The van der Waals surface area contributed by atoms with Crippen molar-refractivity contribution >= 4 is 0 Å². The molecule has 1 unspecified atom stereocenters. The molecule has 0 aromatic carbocycles. The van der Waals surface area contributed by atoms with E-state index in [9.17, 15) is 5.11 Å². The highest BCUT2D eigenvalue weighted by molar-refractivity contribution is 4.99. The van der Waals surface area contributed by atoms with Gasteiger partial charge in [-0.1, -0.05) is 0 Å². The second kappa shape index (κ2) is 2.44. The molecule has 2 fully saturated rings. The molecule has 3 nitrogen and oxygen atoms in total. The Balaban J connectivity index is 2.04. The van der Waals surface area contributed by atoms with Gasteiger partial charge in [0.25, 0.3) is 0 Å². The number of ether oxygens (including phenoxy) is 1. The molecule has 0 amide bonds. The quantitative estimate of drug-likeness (QED) is 0.530. The van der Waals surface area contributed by atoms with E-state index in [1.165, 1.54) is 0 Å². The van der Waals surface area contributed by atoms with Gasteiger partial charge in [-0.2, -0.15) is 0 Å². The zero-order chi connectivity index (χ0) is 7.90. The van der Waals surface area contributed by atoms with E-state index in [0.29, 0.717) is 0 Å². The van der Waals surface area contributed by atoms with Crippen molar-refractivity contribution in [3.05, 3.63) is 0 Å². The number of likely N-dealkylation sites (tertiary alicyclic amines) is 1. The van der Waals surface area contributed by atoms with Crippen molar-refractivity contribution < 1.29 is 9.84 Å². The minimum Gasteiger partial charge on any atom is -0.393 e. The van der Waals surface area contributed by atoms with Gasteiger partial charge < -0.3 is 9.84 Å². The molecule has 1 atom stereocenters. The van der Waals surface area contributed by atoms with Gasteiger partial charge >= 0.3 is 0 Å². The number of likely N-dealkylation sites (N-methyl/N-ethyl adjacent to an activating group) is 1. The normalized spacial score (nSPS) is 37.1. The molecule has 2 rings (SSSR count). The summed E-state index contributed by atoms with van der Waals surface area (Å²) in [5.41, 5.74) is 0.192. The summed E-state index contributed by atoms with van der Waals surface area (Å²) in [7, 11) is 2.12. The number of aliphatic hydroxyl groups excluding tert-OH is 1. The van der Waals surface area contributed by atoms with Gasteiger partial charge in [0.1, 0.15) is 0 Å². The van der Waals surface area contributed by atoms with Crippen LogP contribution >= 0.6 is 0 Å². The average molecular weight is 157 g/mol. The van der Waals surface area contributed by atoms with E-state index in [0.717, 1.165) is 32.6 Å². The van der Waals surface area contributed by atoms with Crippen molar-refractivity contribution in [2.75, 3.05) is 26.8 Å². The molecule has 64 valence electrons. The zero-order valence-electron chi connectivity index (χ0n) is 6.92. The molecule has 0 aromatic heterocycles. The molecule has 0 aliphatic carbocycles. The van der Waals surface area contributed by atoms with Crippen molar-refractivity contribution in [1.82, 2.24) is 4.90 Å². The molecule has 2 aliphatic heterocycles. The van der Waals surface area contributed by atoms with E-state index in [2.05, 4.69) is 11.9 Å². The number of hydrogen-bond donors (Lipinski definition) is 1. The number of nitrogens with zero attached hydrogens (tertiary/aromatic N) is 1. The molecule has 2 aliphatic rings. The summed E-state index contributed by atoms with van der Waals surface area (Å²) >= 11 is 0. The SMILES string of the molecule is CN1CCC(O)CC12COC2. The lowest BCUT2D eigenvalue weighted by Crippen LogP contribution is -2.64. The van der Waals surface area contributed by atoms with Gasteiger partial charge in [0.05, 0.1) is 24.9 Å². The first kappa shape index (κ1) is 7.53. The standard InChI is InChI=1S/C8H15NO2/c1-9-3-2-7(10)4-8(9)5-11-6-8/h7,10H,2-6H2,1H3. The second-order valence-electron chi connectivity index (χ2n) is 3.79. The molecule has 1 N–H and O–H groups in total. The van der Waals surface area contributed by atoms with Gasteiger partial charge in [-0.3, -0.25) is 4.90 Å². The van der Waals surface area contributed by atoms with Crippen molar-refractivity contribution in [1.29, 1.82) is 0 Å². The van der Waals surface area contributed by atoms with Crippen molar-refractivity contribution in [3.63, 3.8) is 0 Å². The van der Waals surface area contributed by atoms with Gasteiger partial charge in [0, 0.05) is 6.54 Å². The van der Waals surface area contributed by atoms with E-state index >= 15 is 0 Å². The second-order valence-corrected chi connectivity index (χ2v) is 3.79. The van der Waals surface area contributed by atoms with Gasteiger partial charge in [-0.25, -0.2) is 0 Å². The summed E-state index contributed by atoms with van der Waals surface area (Å²) in [4.78, 5) is 2.32. The highest BCUT2D eigenvalue weighted by Gasteiger charge is 2.45. The van der Waals surface area contributed by atoms with Gasteiger partial charge in [-0.15, -0.1) is 0 Å². The van der Waals surface area contributed by atoms with Gasteiger partial charge in [-0.05, 0) is 19.9 Å². The first-order valence-corrected chi connectivity index (χ1v) is 4.20. The number of piperidine rings is 1. The Morgan fingerprint density at radius 2 is 2.27 bits per heavy atom. The van der Waals surface area contributed by atoms with Crippen molar-refractivity contribution in [3.8, 4) is 0 Å². The maximum absolute atomic E-state index is 9.45. The lowest BCUT2D eigenvalue weighted by molar-refractivity contribution is -0.166. The highest BCUT2D eigenvalue weighted by Crippen LogP contribution is 2.33. The lowest BCUT2D eigenvalue weighted by atomic mass is 9.84. The van der Waals surface area contributed by atoms with E-state index in [4.69, 9.17) is 4.74 Å². The Morgan fingerprint density at radius 1 is 1.55 bits per heavy atom. The average Bonchev–Trinajstić information content (AvgIpc) is 1.91. The summed E-state index contributed by atoms with van der Waals surface area (Å²) in [5.74, 6) is 0. The highest BCUT2D eigenvalue weighted by atomic mass is 16.5. The predicted octanol–water partition coefficient (Wildman–Crippen LogP) is -0.158. The monoisotopic (exact) mass is 157 g/mol. The van der Waals surface area contributed by atoms with Crippen molar-refractivity contribution in [2.24, 2.45) is 0 Å². The first-order chi connectivity index (χ1) is 5.23. The largest absolute Gasteiger partial charge is 0.393 e. The Bertz CT molecular complexity index is 156. The van der Waals surface area contributed by atoms with Crippen LogP contribution in [0.2, 0.25) is 0 Å². The number of hydrogen-bond acceptors (Lipinski definition) is 3. The third-order valence-corrected chi connectivity index (χ3v) is 2.96. The molecule has 3 heteroatoms. The fourth-order valence-electron chi connectivity index (χ4n) is 1.95. The van der Waals surface area contributed by atoms with Crippen LogP contribution in [0, 0.1) is 0 Å². The van der Waals surface area contributed by atoms with Crippen LogP contribution < -0.4 is 0 Å². The van der Waals surface area contributed by atoms with Gasteiger partial charge in [0.15, 0.2) is 0 Å². The molecule has 0 aromatic rings. The summed E-state index contributed by atoms with van der Waals surface area (Å²) < 4.78 is 5.18. The molecule has 0 bridgehead atoms. The third-order valence-electron chi connectivity index (χ3n) is 2.96. The molecule has 0 radical (unpaired) electrons. The van der Waals surface area contributed by atoms with E-state index < -0.39 is 0 Å². The third kappa shape index (κ3) is 1.08. The molecule has 2 saturated heterocycles. The zero-order valence-corrected chi connectivity index (χ0v) is 6.92. The maximum Gasteiger partial charge on any atom is 0.0700 e. The Hall–Kier alpha value is -0.120. The van der Waals surface area contributed by atoms with Crippen LogP contribution in [0.3, 0.4) is 0 Å². The minimum absolute atomic E-state index is 0.102. The Kier molecular flexibility index (Phi) is 1.67. The van der Waals surface area contributed by atoms with Crippen LogP contribution in [0.25, 0.3) is 0 Å². The topological polar surface area (TPSA) is 32.7 Å². The van der Waals surface area contributed by atoms with E-state index in [1.807, 2.05) is 0 Å². The lowest BCUT2D eigenvalue weighted by Gasteiger charge is -2.52. The van der Waals surface area contributed by atoms with Gasteiger partial charge in [0.2, 0.25) is 0 Å². The predicted molar refractivity (Wildman–Crippen MR) is 41.4 cm³/mol. The molecule has 0 saturated carbocycles. The number of aliphatic hydroxyl groups is 1. The molecule has 11 heavy (non-hydrogen) atoms. The van der Waals surface area contributed by atoms with Crippen LogP contribution in [-0.4, -0.2) is 48.5 Å². The summed E-state index contributed by atoms with van der Waals surface area (Å²) in [6.45, 7) is 2.62. The number of rotatable bonds is 0. The summed E-state index contributed by atoms with van der Waals surface area (Å²) in [5, 5.41) is 9.45. The van der Waals surface area contributed by atoms with Crippen LogP contribution in [0.4, 0.5) is 0 Å². The minimum atomic E-state index is -0.102. The van der Waals surface area contributed by atoms with Crippen LogP contribution in [-0.2, 0) is 4.74 Å². The summed E-state index contributed by atoms with van der Waals surface area (Å²) in [6, 6.07) is 0. The Labute approximate surface area is 66.9 Å². The smallest absolute Gasteiger partial charge is 0.0700 e. The van der Waals surface area contributed by atoms with E-state index in [-0.39, 0.29) is 11.6 Å². The molecular weight excluding hydrogens is 142 g/mol. The van der Waals surface area contributed by atoms with Crippen molar-refractivity contribution in [2.45, 2.75) is 24.5 Å². The molecular formula is C8H15NO2. The van der Waals surface area contributed by atoms with Crippen LogP contribution in [0.15, 0.2) is 0 Å². The Morgan fingerprint density at radius 3 is 2.73 bits per heavy atom. The fourth-order valence-corrected chi connectivity index (χ4v) is 1.95. The van der Waals surface area contributed by atoms with Crippen LogP contribution in [0.5, 0.6) is 0 Å². The maximum atomic E-state index is 9.45. The fraction of sp³-hybridized carbons (Fsp3) is 1.00. The van der Waals surface area contributed by atoms with E-state index in [1.54, 1.807) is 0 Å². The molecule has 1 spiro atoms. The summed E-state index contributed by atoms with van der Waals surface area (Å²) in [6.07, 6.45) is 1.71. The first-order valence-electron chi connectivity index (χ1n) is 4.20. The van der Waals surface area contributed by atoms with Crippen LogP contribution in [0.1, 0.15) is 12.8 Å².